The van der Waals surface area contributed by atoms with Crippen molar-refractivity contribution >= 4 is 17.9 Å². The van der Waals surface area contributed by atoms with Gasteiger partial charge in [0.1, 0.15) is 0 Å². The number of hydrogen-bond acceptors (Lipinski definition) is 7. The quantitative estimate of drug-likeness (QED) is 0.294. The Morgan fingerprint density at radius 1 is 1.59 bits per heavy atom. The largest absolute Gasteiger partial charge is 0.464 e. The number of carbonyl (C=O) groups is 1. The van der Waals surface area contributed by atoms with Crippen LogP contribution in [0.4, 0.5) is 0 Å². The molecule has 0 amide bonds. The topological polar surface area (TPSA) is 93.0 Å². The minimum Gasteiger partial charge on any atom is -0.464 e. The van der Waals surface area contributed by atoms with E-state index >= 15 is 0 Å². The molecule has 0 saturated carbocycles. The molecule has 17 heavy (non-hydrogen) atoms. The van der Waals surface area contributed by atoms with Crippen LogP contribution in [0.15, 0.2) is 5.10 Å². The van der Waals surface area contributed by atoms with E-state index in [2.05, 4.69) is 15.3 Å². The zero-order chi connectivity index (χ0) is 12.7. The Bertz CT molecular complexity index is 311. The van der Waals surface area contributed by atoms with Crippen LogP contribution in [-0.2, 0) is 19.0 Å². The summed E-state index contributed by atoms with van der Waals surface area (Å²) in [6.45, 7) is 3.51. The number of esters is 1. The summed E-state index contributed by atoms with van der Waals surface area (Å²) in [6, 6.07) is 0. The number of nitrogens with zero attached hydrogens (tertiary/aromatic N) is 1. The van der Waals surface area contributed by atoms with E-state index in [1.54, 1.807) is 0 Å². The molecule has 1 fully saturated rings. The number of hydrogen-bond donors (Lipinski definition) is 2. The van der Waals surface area contributed by atoms with E-state index in [9.17, 15) is 4.79 Å². The lowest BCUT2D eigenvalue weighted by Gasteiger charge is -2.21. The fraction of sp³-hybridized carbons (Fsp3) is 0.700. The van der Waals surface area contributed by atoms with E-state index < -0.39 is 11.8 Å². The van der Waals surface area contributed by atoms with Gasteiger partial charge in [0.15, 0.2) is 11.5 Å². The normalized spacial score (nSPS) is 18.8. The lowest BCUT2D eigenvalue weighted by Crippen LogP contribution is -2.30. The molecular weight excluding hydrogens is 226 g/mol. The summed E-state index contributed by atoms with van der Waals surface area (Å²) >= 11 is 0. The van der Waals surface area contributed by atoms with Gasteiger partial charge in [-0.3, -0.25) is 0 Å². The molecule has 0 aromatic rings. The fourth-order valence-corrected chi connectivity index (χ4v) is 1.37. The van der Waals surface area contributed by atoms with E-state index in [1.165, 1.54) is 7.11 Å². The predicted molar refractivity (Wildman–Crippen MR) is 61.2 cm³/mol. The number of rotatable bonds is 6. The molecule has 0 unspecified atom stereocenters. The van der Waals surface area contributed by atoms with Gasteiger partial charge in [-0.25, -0.2) is 4.79 Å². The van der Waals surface area contributed by atoms with Crippen molar-refractivity contribution in [3.05, 3.63) is 0 Å². The smallest absolute Gasteiger partial charge is 0.360 e. The van der Waals surface area contributed by atoms with Crippen molar-refractivity contribution < 1.29 is 19.0 Å². The number of ether oxygens (including phenoxy) is 3. The SMILES string of the molecule is COC(=O)/C(C=N)=N/NCCC1(C)OCCO1. The molecule has 0 radical (unpaired) electrons. The molecule has 1 rings (SSSR count). The molecule has 0 aliphatic carbocycles. The van der Waals surface area contributed by atoms with Crippen molar-refractivity contribution in [3.8, 4) is 0 Å². The molecule has 0 aromatic carbocycles. The van der Waals surface area contributed by atoms with Gasteiger partial charge >= 0.3 is 5.97 Å². The standard InChI is InChI=1S/C10H17N3O4/c1-10(16-5-6-17-10)3-4-12-13-8(7-11)9(14)15-2/h7,11-12H,3-6H2,1-2H3/b11-7?,13-8+. The van der Waals surface area contributed by atoms with E-state index in [0.717, 1.165) is 6.21 Å². The molecule has 1 aliphatic heterocycles. The molecule has 7 nitrogen and oxygen atoms in total. The van der Waals surface area contributed by atoms with Crippen molar-refractivity contribution in [3.63, 3.8) is 0 Å². The lowest BCUT2D eigenvalue weighted by atomic mass is 10.2. The Hall–Kier alpha value is -1.47. The zero-order valence-corrected chi connectivity index (χ0v) is 9.99. The highest BCUT2D eigenvalue weighted by molar-refractivity contribution is 6.58. The summed E-state index contributed by atoms with van der Waals surface area (Å²) in [6.07, 6.45) is 1.44. The van der Waals surface area contributed by atoms with Crippen LogP contribution in [0.2, 0.25) is 0 Å². The monoisotopic (exact) mass is 243 g/mol. The number of hydrazone groups is 1. The van der Waals surface area contributed by atoms with Crippen LogP contribution in [-0.4, -0.2) is 50.6 Å². The third kappa shape index (κ3) is 4.12. The van der Waals surface area contributed by atoms with Crippen molar-refractivity contribution in [2.24, 2.45) is 5.10 Å². The second kappa shape index (κ2) is 6.31. The van der Waals surface area contributed by atoms with Crippen LogP contribution in [0, 0.1) is 5.41 Å². The Balaban J connectivity index is 2.33. The fourth-order valence-electron chi connectivity index (χ4n) is 1.37. The average Bonchev–Trinajstić information content (AvgIpc) is 2.76. The minimum absolute atomic E-state index is 0.0779. The van der Waals surface area contributed by atoms with Crippen molar-refractivity contribution in [1.82, 2.24) is 5.43 Å². The van der Waals surface area contributed by atoms with Crippen LogP contribution in [0.5, 0.6) is 0 Å². The summed E-state index contributed by atoms with van der Waals surface area (Å²) in [5.41, 5.74) is 2.60. The molecule has 96 valence electrons. The molecule has 0 bridgehead atoms. The first-order valence-corrected chi connectivity index (χ1v) is 5.28. The number of methoxy groups -OCH3 is 1. The third-order valence-corrected chi connectivity index (χ3v) is 2.32. The summed E-state index contributed by atoms with van der Waals surface area (Å²) in [4.78, 5) is 11.1. The highest BCUT2D eigenvalue weighted by Crippen LogP contribution is 2.21. The van der Waals surface area contributed by atoms with E-state index in [0.29, 0.717) is 26.2 Å². The second-order valence-corrected chi connectivity index (χ2v) is 3.62. The van der Waals surface area contributed by atoms with Gasteiger partial charge < -0.3 is 25.0 Å². The molecule has 0 spiro atoms. The van der Waals surface area contributed by atoms with Gasteiger partial charge in [0.05, 0.1) is 26.5 Å². The molecular formula is C10H17N3O4. The number of carbonyl (C=O) groups excluding carboxylic acids is 1. The Morgan fingerprint density at radius 3 is 2.76 bits per heavy atom. The van der Waals surface area contributed by atoms with Gasteiger partial charge in [0.2, 0.25) is 0 Å². The van der Waals surface area contributed by atoms with E-state index in [4.69, 9.17) is 14.9 Å². The van der Waals surface area contributed by atoms with Crippen molar-refractivity contribution in [2.45, 2.75) is 19.1 Å². The summed E-state index contributed by atoms with van der Waals surface area (Å²) in [7, 11) is 1.24. The van der Waals surface area contributed by atoms with Crippen LogP contribution >= 0.6 is 0 Å². The molecule has 1 saturated heterocycles. The number of nitrogens with one attached hydrogen (secondary N) is 2. The predicted octanol–water partition coefficient (Wildman–Crippen LogP) is -0.0923. The second-order valence-electron chi connectivity index (χ2n) is 3.62. The van der Waals surface area contributed by atoms with Gasteiger partial charge in [0, 0.05) is 13.0 Å². The maximum Gasteiger partial charge on any atom is 0.360 e. The van der Waals surface area contributed by atoms with Gasteiger partial charge in [0.25, 0.3) is 0 Å². The Morgan fingerprint density at radius 2 is 2.24 bits per heavy atom. The first-order valence-electron chi connectivity index (χ1n) is 5.28. The minimum atomic E-state index is -0.646. The maximum absolute atomic E-state index is 11.1. The first-order chi connectivity index (χ1) is 8.11. The molecule has 0 aromatic heterocycles. The third-order valence-electron chi connectivity index (χ3n) is 2.32. The average molecular weight is 243 g/mol. The van der Waals surface area contributed by atoms with Gasteiger partial charge in [-0.2, -0.15) is 5.10 Å². The Kier molecular flexibility index (Phi) is 5.05. The van der Waals surface area contributed by atoms with Gasteiger partial charge in [-0.15, -0.1) is 0 Å². The highest BCUT2D eigenvalue weighted by Gasteiger charge is 2.30. The molecule has 1 heterocycles. The Labute approximate surface area is 99.6 Å². The zero-order valence-electron chi connectivity index (χ0n) is 9.99. The lowest BCUT2D eigenvalue weighted by molar-refractivity contribution is -0.145. The summed E-state index contributed by atoms with van der Waals surface area (Å²) in [5.74, 6) is -1.23. The highest BCUT2D eigenvalue weighted by atomic mass is 16.7. The molecule has 2 N–H and O–H groups in total. The van der Waals surface area contributed by atoms with Crippen LogP contribution in [0.3, 0.4) is 0 Å². The van der Waals surface area contributed by atoms with Gasteiger partial charge in [-0.1, -0.05) is 0 Å². The summed E-state index contributed by atoms with van der Waals surface area (Å²) < 4.78 is 15.2. The maximum atomic E-state index is 11.1. The molecule has 1 aliphatic rings. The summed E-state index contributed by atoms with van der Waals surface area (Å²) in [5, 5.41) is 10.7. The molecule has 0 atom stereocenters. The van der Waals surface area contributed by atoms with Crippen LogP contribution < -0.4 is 5.43 Å². The van der Waals surface area contributed by atoms with Crippen molar-refractivity contribution in [1.29, 1.82) is 5.41 Å². The van der Waals surface area contributed by atoms with Crippen LogP contribution in [0.1, 0.15) is 13.3 Å². The van der Waals surface area contributed by atoms with Crippen molar-refractivity contribution in [2.75, 3.05) is 26.9 Å². The van der Waals surface area contributed by atoms with Crippen LogP contribution in [0.25, 0.3) is 0 Å². The first kappa shape index (κ1) is 13.6. The molecule has 7 heteroatoms. The van der Waals surface area contributed by atoms with E-state index in [-0.39, 0.29) is 5.71 Å². The van der Waals surface area contributed by atoms with Gasteiger partial charge in [-0.05, 0) is 6.92 Å². The van der Waals surface area contributed by atoms with E-state index in [1.807, 2.05) is 6.92 Å².